The molecule has 1 aromatic rings. The molecule has 0 aliphatic carbocycles. The monoisotopic (exact) mass is 246 g/mol. The number of likely N-dealkylation sites (N-methyl/N-ethyl adjacent to an activating group) is 1. The molecule has 0 bridgehead atoms. The van der Waals surface area contributed by atoms with E-state index in [1.807, 2.05) is 0 Å². The van der Waals surface area contributed by atoms with Gasteiger partial charge in [0, 0.05) is 18.6 Å². The van der Waals surface area contributed by atoms with Crippen LogP contribution in [0.25, 0.3) is 0 Å². The zero-order valence-corrected chi connectivity index (χ0v) is 12.2. The Morgan fingerprint density at radius 2 is 1.89 bits per heavy atom. The zero-order valence-electron chi connectivity index (χ0n) is 12.2. The highest BCUT2D eigenvalue weighted by atomic mass is 15.2. The summed E-state index contributed by atoms with van der Waals surface area (Å²) in [5.74, 6) is 0. The van der Waals surface area contributed by atoms with Gasteiger partial charge in [0.15, 0.2) is 0 Å². The molecule has 1 fully saturated rings. The predicted molar refractivity (Wildman–Crippen MR) is 78.0 cm³/mol. The Kier molecular flexibility index (Phi) is 4.41. The molecule has 2 nitrogen and oxygen atoms in total. The van der Waals surface area contributed by atoms with Gasteiger partial charge in [0.05, 0.1) is 0 Å². The van der Waals surface area contributed by atoms with Gasteiger partial charge in [-0.3, -0.25) is 4.90 Å². The van der Waals surface area contributed by atoms with Crippen LogP contribution in [-0.4, -0.2) is 31.1 Å². The summed E-state index contributed by atoms with van der Waals surface area (Å²) in [6.45, 7) is 9.12. The maximum absolute atomic E-state index is 3.42. The summed E-state index contributed by atoms with van der Waals surface area (Å²) >= 11 is 0. The Morgan fingerprint density at radius 1 is 1.22 bits per heavy atom. The lowest BCUT2D eigenvalue weighted by Crippen LogP contribution is -2.45. The molecule has 2 unspecified atom stereocenters. The first-order chi connectivity index (χ1) is 8.60. The zero-order chi connectivity index (χ0) is 13.1. The van der Waals surface area contributed by atoms with Gasteiger partial charge >= 0.3 is 0 Å². The lowest BCUT2D eigenvalue weighted by atomic mass is 9.98. The smallest absolute Gasteiger partial charge is 0.0320 e. The van der Waals surface area contributed by atoms with Crippen LogP contribution in [0, 0.1) is 13.8 Å². The van der Waals surface area contributed by atoms with Crippen molar-refractivity contribution in [1.82, 2.24) is 10.2 Å². The van der Waals surface area contributed by atoms with Crippen molar-refractivity contribution in [3.63, 3.8) is 0 Å². The predicted octanol–water partition coefficient (Wildman–Crippen LogP) is 3.05. The maximum Gasteiger partial charge on any atom is 0.0320 e. The first-order valence-corrected chi connectivity index (χ1v) is 7.09. The highest BCUT2D eigenvalue weighted by molar-refractivity contribution is 5.30. The van der Waals surface area contributed by atoms with E-state index in [4.69, 9.17) is 0 Å². The molecule has 2 rings (SSSR count). The van der Waals surface area contributed by atoms with Gasteiger partial charge < -0.3 is 5.32 Å². The summed E-state index contributed by atoms with van der Waals surface area (Å²) in [4.78, 5) is 2.61. The second kappa shape index (κ2) is 5.85. The molecule has 0 saturated carbocycles. The average Bonchev–Trinajstić information content (AvgIpc) is 2.37. The van der Waals surface area contributed by atoms with Crippen LogP contribution in [0.2, 0.25) is 0 Å². The molecule has 1 aliphatic rings. The summed E-state index contributed by atoms with van der Waals surface area (Å²) in [7, 11) is 2.08. The number of piperidine rings is 1. The van der Waals surface area contributed by atoms with E-state index in [-0.39, 0.29) is 0 Å². The van der Waals surface area contributed by atoms with E-state index >= 15 is 0 Å². The number of nitrogens with zero attached hydrogens (tertiary/aromatic N) is 1. The fourth-order valence-corrected chi connectivity index (χ4v) is 3.06. The number of hydrogen-bond donors (Lipinski definition) is 1. The van der Waals surface area contributed by atoms with Gasteiger partial charge in [0.1, 0.15) is 0 Å². The first kappa shape index (κ1) is 13.6. The van der Waals surface area contributed by atoms with Crippen LogP contribution in [-0.2, 0) is 0 Å². The van der Waals surface area contributed by atoms with E-state index in [0.717, 1.165) is 0 Å². The fourth-order valence-electron chi connectivity index (χ4n) is 3.06. The Hall–Kier alpha value is -0.860. The van der Waals surface area contributed by atoms with E-state index in [2.05, 4.69) is 56.2 Å². The third kappa shape index (κ3) is 3.12. The highest BCUT2D eigenvalue weighted by Gasteiger charge is 2.23. The lowest BCUT2D eigenvalue weighted by molar-refractivity contribution is 0.149. The quantitative estimate of drug-likeness (QED) is 0.882. The minimum absolute atomic E-state index is 0.528. The Labute approximate surface area is 111 Å². The summed E-state index contributed by atoms with van der Waals surface area (Å²) < 4.78 is 0. The Bertz CT molecular complexity index is 380. The molecule has 2 atom stereocenters. The third-order valence-electron chi connectivity index (χ3n) is 4.14. The second-order valence-electron chi connectivity index (χ2n) is 5.72. The number of nitrogens with one attached hydrogen (secondary N) is 1. The molecule has 100 valence electrons. The molecule has 0 amide bonds. The van der Waals surface area contributed by atoms with E-state index in [1.54, 1.807) is 0 Å². The molecule has 1 saturated heterocycles. The number of aryl methyl sites for hydroxylation is 2. The molecule has 18 heavy (non-hydrogen) atoms. The van der Waals surface area contributed by atoms with Crippen molar-refractivity contribution in [3.05, 3.63) is 34.9 Å². The number of hydrogen-bond acceptors (Lipinski definition) is 2. The summed E-state index contributed by atoms with van der Waals surface area (Å²) in [5.41, 5.74) is 4.21. The van der Waals surface area contributed by atoms with Crippen molar-refractivity contribution in [2.45, 2.75) is 45.7 Å². The largest absolute Gasteiger partial charge is 0.316 e. The van der Waals surface area contributed by atoms with Crippen LogP contribution in [0.5, 0.6) is 0 Å². The van der Waals surface area contributed by atoms with Crippen LogP contribution in [0.3, 0.4) is 0 Å². The lowest BCUT2D eigenvalue weighted by Gasteiger charge is -2.37. The van der Waals surface area contributed by atoms with Gasteiger partial charge in [-0.15, -0.1) is 0 Å². The SMILES string of the molecule is CNC1CCCN(C(C)c2cc(C)cc(C)c2)C1. The topological polar surface area (TPSA) is 15.3 Å². The van der Waals surface area contributed by atoms with Crippen LogP contribution in [0.15, 0.2) is 18.2 Å². The van der Waals surface area contributed by atoms with Crippen molar-refractivity contribution >= 4 is 0 Å². The van der Waals surface area contributed by atoms with Crippen LogP contribution in [0.4, 0.5) is 0 Å². The van der Waals surface area contributed by atoms with Crippen LogP contribution >= 0.6 is 0 Å². The molecule has 1 aliphatic heterocycles. The van der Waals surface area contributed by atoms with Crippen LogP contribution in [0.1, 0.15) is 42.5 Å². The molecule has 0 radical (unpaired) electrons. The van der Waals surface area contributed by atoms with E-state index in [1.165, 1.54) is 42.6 Å². The van der Waals surface area contributed by atoms with Crippen molar-refractivity contribution in [3.8, 4) is 0 Å². The van der Waals surface area contributed by atoms with Gasteiger partial charge in [0.2, 0.25) is 0 Å². The summed E-state index contributed by atoms with van der Waals surface area (Å²) in [6, 6.07) is 8.11. The first-order valence-electron chi connectivity index (χ1n) is 7.09. The van der Waals surface area contributed by atoms with Gasteiger partial charge in [-0.05, 0) is 52.8 Å². The molecule has 1 N–H and O–H groups in total. The highest BCUT2D eigenvalue weighted by Crippen LogP contribution is 2.25. The number of likely N-dealkylation sites (tertiary alicyclic amines) is 1. The second-order valence-corrected chi connectivity index (χ2v) is 5.72. The van der Waals surface area contributed by atoms with Crippen molar-refractivity contribution in [1.29, 1.82) is 0 Å². The van der Waals surface area contributed by atoms with Gasteiger partial charge in [0.25, 0.3) is 0 Å². The number of rotatable bonds is 3. The van der Waals surface area contributed by atoms with Gasteiger partial charge in [-0.1, -0.05) is 29.3 Å². The molecule has 1 aromatic carbocycles. The van der Waals surface area contributed by atoms with Crippen molar-refractivity contribution in [2.75, 3.05) is 20.1 Å². The molecule has 0 spiro atoms. The van der Waals surface area contributed by atoms with Crippen molar-refractivity contribution in [2.24, 2.45) is 0 Å². The minimum atomic E-state index is 0.528. The van der Waals surface area contributed by atoms with E-state index < -0.39 is 0 Å². The molecular weight excluding hydrogens is 220 g/mol. The van der Waals surface area contributed by atoms with Gasteiger partial charge in [-0.2, -0.15) is 0 Å². The summed E-state index contributed by atoms with van der Waals surface area (Å²) in [5, 5.41) is 3.42. The number of benzene rings is 1. The average molecular weight is 246 g/mol. The fraction of sp³-hybridized carbons (Fsp3) is 0.625. The molecular formula is C16H26N2. The summed E-state index contributed by atoms with van der Waals surface area (Å²) in [6.07, 6.45) is 2.62. The van der Waals surface area contributed by atoms with E-state index in [0.29, 0.717) is 12.1 Å². The van der Waals surface area contributed by atoms with Crippen molar-refractivity contribution < 1.29 is 0 Å². The standard InChI is InChI=1S/C16H26N2/c1-12-8-13(2)10-15(9-12)14(3)18-7-5-6-16(11-18)17-4/h8-10,14,16-17H,5-7,11H2,1-4H3. The Morgan fingerprint density at radius 3 is 2.50 bits per heavy atom. The molecule has 2 heteroatoms. The maximum atomic E-state index is 3.42. The normalized spacial score (nSPS) is 23.0. The minimum Gasteiger partial charge on any atom is -0.316 e. The molecule has 0 aromatic heterocycles. The molecule has 1 heterocycles. The van der Waals surface area contributed by atoms with E-state index in [9.17, 15) is 0 Å². The Balaban J connectivity index is 2.12. The van der Waals surface area contributed by atoms with Gasteiger partial charge in [-0.25, -0.2) is 0 Å². The third-order valence-corrected chi connectivity index (χ3v) is 4.14. The van der Waals surface area contributed by atoms with Crippen LogP contribution < -0.4 is 5.32 Å².